The first-order valence-electron chi connectivity index (χ1n) is 8.09. The molecule has 5 nitrogen and oxygen atoms in total. The highest BCUT2D eigenvalue weighted by molar-refractivity contribution is 9.11. The molecule has 0 aromatic heterocycles. The van der Waals surface area contributed by atoms with Gasteiger partial charge in [0.2, 0.25) is 5.91 Å². The van der Waals surface area contributed by atoms with E-state index in [0.29, 0.717) is 6.61 Å². The van der Waals surface area contributed by atoms with Crippen molar-refractivity contribution in [2.45, 2.75) is 32.7 Å². The molecule has 1 aliphatic heterocycles. The lowest BCUT2D eigenvalue weighted by Crippen LogP contribution is -2.47. The third-order valence-electron chi connectivity index (χ3n) is 4.27. The largest absolute Gasteiger partial charge is 0.466 e. The van der Waals surface area contributed by atoms with Crippen molar-refractivity contribution in [2.75, 3.05) is 25.0 Å². The Bertz CT molecular complexity index is 601. The summed E-state index contributed by atoms with van der Waals surface area (Å²) in [4.78, 5) is 26.4. The number of piperidine rings is 1. The van der Waals surface area contributed by atoms with Crippen LogP contribution in [-0.2, 0) is 14.3 Å². The summed E-state index contributed by atoms with van der Waals surface area (Å²) >= 11 is 6.84. The number of nitrogens with zero attached hydrogens (tertiary/aromatic N) is 1. The number of carbonyl (C=O) groups excluding carboxylic acids is 2. The molecule has 1 atom stereocenters. The number of anilines is 1. The Hall–Kier alpha value is -0.920. The first-order chi connectivity index (χ1) is 11.4. The number of likely N-dealkylation sites (tertiary alicyclic amines) is 1. The van der Waals surface area contributed by atoms with Gasteiger partial charge in [0.1, 0.15) is 0 Å². The fourth-order valence-electron chi connectivity index (χ4n) is 2.78. The van der Waals surface area contributed by atoms with Crippen molar-refractivity contribution in [1.82, 2.24) is 4.90 Å². The van der Waals surface area contributed by atoms with Gasteiger partial charge in [-0.15, -0.1) is 0 Å². The van der Waals surface area contributed by atoms with Gasteiger partial charge in [-0.25, -0.2) is 0 Å². The summed E-state index contributed by atoms with van der Waals surface area (Å²) in [5.74, 6) is -0.210. The van der Waals surface area contributed by atoms with Crippen LogP contribution < -0.4 is 5.32 Å². The van der Waals surface area contributed by atoms with Crippen LogP contribution in [0.5, 0.6) is 0 Å². The molecule has 1 aromatic carbocycles. The normalized spacial score (nSPS) is 17.3. The maximum absolute atomic E-state index is 12.5. The van der Waals surface area contributed by atoms with Crippen molar-refractivity contribution in [2.24, 2.45) is 5.92 Å². The number of carbonyl (C=O) groups is 2. The van der Waals surface area contributed by atoms with Gasteiger partial charge < -0.3 is 10.1 Å². The molecule has 1 fully saturated rings. The van der Waals surface area contributed by atoms with E-state index in [1.165, 1.54) is 0 Å². The number of ether oxygens (including phenoxy) is 1. The Morgan fingerprint density at radius 2 is 2.00 bits per heavy atom. The van der Waals surface area contributed by atoms with E-state index in [1.54, 1.807) is 0 Å². The molecule has 0 radical (unpaired) electrons. The Balaban J connectivity index is 1.89. The fraction of sp³-hybridized carbons (Fsp3) is 0.529. The molecule has 1 unspecified atom stereocenters. The van der Waals surface area contributed by atoms with Crippen LogP contribution in [0.4, 0.5) is 5.69 Å². The Morgan fingerprint density at radius 3 is 2.58 bits per heavy atom. The predicted octanol–water partition coefficient (Wildman–Crippen LogP) is 3.81. The Morgan fingerprint density at radius 1 is 1.33 bits per heavy atom. The van der Waals surface area contributed by atoms with Gasteiger partial charge in [0, 0.05) is 8.95 Å². The van der Waals surface area contributed by atoms with Gasteiger partial charge in [-0.1, -0.05) is 15.9 Å². The van der Waals surface area contributed by atoms with E-state index in [-0.39, 0.29) is 23.8 Å². The van der Waals surface area contributed by atoms with Gasteiger partial charge in [-0.3, -0.25) is 14.5 Å². The van der Waals surface area contributed by atoms with E-state index in [0.717, 1.165) is 40.6 Å². The van der Waals surface area contributed by atoms with Crippen LogP contribution in [0.3, 0.4) is 0 Å². The molecule has 24 heavy (non-hydrogen) atoms. The molecule has 1 saturated heterocycles. The van der Waals surface area contributed by atoms with Crippen molar-refractivity contribution < 1.29 is 14.3 Å². The second-order valence-corrected chi connectivity index (χ2v) is 7.62. The van der Waals surface area contributed by atoms with E-state index in [4.69, 9.17) is 4.74 Å². The summed E-state index contributed by atoms with van der Waals surface area (Å²) in [7, 11) is 0. The summed E-state index contributed by atoms with van der Waals surface area (Å²) in [6.07, 6.45) is 1.47. The molecular weight excluding hydrogens is 440 g/mol. The molecule has 1 amide bonds. The minimum Gasteiger partial charge on any atom is -0.466 e. The fourth-order valence-corrected chi connectivity index (χ4v) is 3.92. The number of amides is 1. The van der Waals surface area contributed by atoms with E-state index < -0.39 is 0 Å². The lowest BCUT2D eigenvalue weighted by atomic mass is 9.96. The Labute approximate surface area is 159 Å². The molecule has 0 bridgehead atoms. The zero-order valence-corrected chi connectivity index (χ0v) is 17.0. The van der Waals surface area contributed by atoms with Crippen LogP contribution >= 0.6 is 31.9 Å². The first-order valence-corrected chi connectivity index (χ1v) is 9.67. The minimum absolute atomic E-state index is 0.0444. The van der Waals surface area contributed by atoms with Crippen LogP contribution in [0.25, 0.3) is 0 Å². The van der Waals surface area contributed by atoms with Crippen molar-refractivity contribution in [3.05, 3.63) is 27.1 Å². The van der Waals surface area contributed by atoms with Crippen LogP contribution in [0.1, 0.15) is 26.7 Å². The predicted molar refractivity (Wildman–Crippen MR) is 101 cm³/mol. The molecule has 7 heteroatoms. The molecule has 0 spiro atoms. The molecule has 0 aliphatic carbocycles. The molecule has 1 heterocycles. The number of hydrogen-bond donors (Lipinski definition) is 1. The second-order valence-electron chi connectivity index (χ2n) is 5.85. The molecular formula is C17H22Br2N2O3. The quantitative estimate of drug-likeness (QED) is 0.677. The highest BCUT2D eigenvalue weighted by atomic mass is 79.9. The number of benzene rings is 1. The lowest BCUT2D eigenvalue weighted by molar-refractivity contribution is -0.149. The van der Waals surface area contributed by atoms with Gasteiger partial charge in [0.05, 0.1) is 24.3 Å². The van der Waals surface area contributed by atoms with E-state index in [1.807, 2.05) is 32.0 Å². The average Bonchev–Trinajstić information content (AvgIpc) is 2.57. The van der Waals surface area contributed by atoms with Crippen LogP contribution in [0.2, 0.25) is 0 Å². The molecule has 1 aliphatic rings. The van der Waals surface area contributed by atoms with Gasteiger partial charge >= 0.3 is 5.97 Å². The maximum Gasteiger partial charge on any atom is 0.309 e. The third kappa shape index (κ3) is 5.04. The summed E-state index contributed by atoms with van der Waals surface area (Å²) in [6.45, 7) is 5.57. The summed E-state index contributed by atoms with van der Waals surface area (Å²) in [6, 6.07) is 5.39. The smallest absolute Gasteiger partial charge is 0.309 e. The number of halogens is 2. The molecule has 2 rings (SSSR count). The van der Waals surface area contributed by atoms with Crippen LogP contribution in [0, 0.1) is 5.92 Å². The highest BCUT2D eigenvalue weighted by Gasteiger charge is 2.30. The zero-order valence-electron chi connectivity index (χ0n) is 13.9. The van der Waals surface area contributed by atoms with Gasteiger partial charge in [0.15, 0.2) is 0 Å². The van der Waals surface area contributed by atoms with Gasteiger partial charge in [-0.2, -0.15) is 0 Å². The van der Waals surface area contributed by atoms with E-state index in [2.05, 4.69) is 42.1 Å². The number of rotatable bonds is 5. The Kier molecular flexibility index (Phi) is 7.25. The topological polar surface area (TPSA) is 58.6 Å². The summed E-state index contributed by atoms with van der Waals surface area (Å²) < 4.78 is 6.86. The van der Waals surface area contributed by atoms with Crippen LogP contribution in [-0.4, -0.2) is 42.5 Å². The highest BCUT2D eigenvalue weighted by Crippen LogP contribution is 2.27. The third-order valence-corrected chi connectivity index (χ3v) is 5.41. The van der Waals surface area contributed by atoms with Gasteiger partial charge in [-0.05, 0) is 73.9 Å². The monoisotopic (exact) mass is 460 g/mol. The minimum atomic E-state index is -0.247. The molecule has 1 N–H and O–H groups in total. The molecule has 0 saturated carbocycles. The average molecular weight is 462 g/mol. The van der Waals surface area contributed by atoms with E-state index in [9.17, 15) is 9.59 Å². The maximum atomic E-state index is 12.5. The first kappa shape index (κ1) is 19.4. The van der Waals surface area contributed by atoms with Crippen molar-refractivity contribution >= 4 is 49.4 Å². The number of esters is 1. The lowest BCUT2D eigenvalue weighted by Gasteiger charge is -2.34. The summed E-state index contributed by atoms with van der Waals surface area (Å²) in [5, 5.41) is 2.95. The van der Waals surface area contributed by atoms with E-state index >= 15 is 0 Å². The van der Waals surface area contributed by atoms with Crippen LogP contribution in [0.15, 0.2) is 27.1 Å². The number of hydrogen-bond acceptors (Lipinski definition) is 4. The number of nitrogens with one attached hydrogen (secondary N) is 1. The molecule has 1 aromatic rings. The van der Waals surface area contributed by atoms with Gasteiger partial charge in [0.25, 0.3) is 0 Å². The molecule has 132 valence electrons. The zero-order chi connectivity index (χ0) is 17.7. The summed E-state index contributed by atoms with van der Waals surface area (Å²) in [5.41, 5.74) is 0.747. The standard InChI is InChI=1S/C17H22Br2N2O3/c1-3-24-17(23)12-6-8-21(9-7-12)11(2)16(22)20-15-5-4-13(18)10-14(15)19/h4-5,10-12H,3,6-9H2,1-2H3,(H,20,22). The SMILES string of the molecule is CCOC(=O)C1CCN(C(C)C(=O)Nc2ccc(Br)cc2Br)CC1. The van der Waals surface area contributed by atoms with Crippen molar-refractivity contribution in [3.8, 4) is 0 Å². The van der Waals surface area contributed by atoms with Crippen molar-refractivity contribution in [3.63, 3.8) is 0 Å². The second kappa shape index (κ2) is 8.97. The van der Waals surface area contributed by atoms with Crippen molar-refractivity contribution in [1.29, 1.82) is 0 Å².